The molecule has 2 aliphatic rings. The summed E-state index contributed by atoms with van der Waals surface area (Å²) < 4.78 is 5.75. The molecule has 1 N–H and O–H groups in total. The van der Waals surface area contributed by atoms with Crippen LogP contribution in [0.3, 0.4) is 0 Å². The Labute approximate surface area is 165 Å². The van der Waals surface area contributed by atoms with E-state index in [1.807, 2.05) is 23.1 Å². The number of nitrogens with one attached hydrogen (secondary N) is 1. The predicted octanol–water partition coefficient (Wildman–Crippen LogP) is 2.55. The Kier molecular flexibility index (Phi) is 6.45. The zero-order valence-electron chi connectivity index (χ0n) is 15.6. The maximum Gasteiger partial charge on any atom is 0.276 e. The fraction of sp³-hybridized carbons (Fsp3) is 0.450. The lowest BCUT2D eigenvalue weighted by Crippen LogP contribution is -2.32. The van der Waals surface area contributed by atoms with Crippen molar-refractivity contribution in [1.29, 1.82) is 0 Å². The highest BCUT2D eigenvalue weighted by Gasteiger charge is 2.30. The number of nitrogens with zero attached hydrogens (tertiary/aromatic N) is 2. The Bertz CT molecular complexity index is 757. The number of carbonyl (C=O) groups is 2. The topological polar surface area (TPSA) is 61.9 Å². The molecule has 2 amide bonds. The maximum absolute atomic E-state index is 12.6. The summed E-state index contributed by atoms with van der Waals surface area (Å²) >= 11 is 5.28. The van der Waals surface area contributed by atoms with Gasteiger partial charge >= 0.3 is 0 Å². The van der Waals surface area contributed by atoms with E-state index in [2.05, 4.69) is 12.2 Å². The van der Waals surface area contributed by atoms with Gasteiger partial charge < -0.3 is 15.0 Å². The summed E-state index contributed by atoms with van der Waals surface area (Å²) in [5, 5.41) is 3.42. The van der Waals surface area contributed by atoms with Gasteiger partial charge in [-0.1, -0.05) is 31.5 Å². The van der Waals surface area contributed by atoms with Gasteiger partial charge in [0, 0.05) is 25.2 Å². The second kappa shape index (κ2) is 8.99. The highest BCUT2D eigenvalue weighted by Crippen LogP contribution is 2.23. The number of ether oxygens (including phenoxy) is 1. The number of likely N-dealkylation sites (tertiary alicyclic amines) is 1. The predicted molar refractivity (Wildman–Crippen MR) is 108 cm³/mol. The summed E-state index contributed by atoms with van der Waals surface area (Å²) in [7, 11) is 0. The van der Waals surface area contributed by atoms with Crippen LogP contribution in [0.25, 0.3) is 6.08 Å². The van der Waals surface area contributed by atoms with E-state index < -0.39 is 0 Å². The summed E-state index contributed by atoms with van der Waals surface area (Å²) in [5.41, 5.74) is 1.17. The summed E-state index contributed by atoms with van der Waals surface area (Å²) in [6, 6.07) is 7.37. The number of amides is 2. The molecular formula is C20H25N3O3S. The zero-order chi connectivity index (χ0) is 19.2. The molecule has 6 nitrogen and oxygen atoms in total. The second-order valence-electron chi connectivity index (χ2n) is 6.71. The van der Waals surface area contributed by atoms with Crippen LogP contribution in [0.1, 0.15) is 38.2 Å². The minimum Gasteiger partial charge on any atom is -0.483 e. The van der Waals surface area contributed by atoms with Gasteiger partial charge in [-0.2, -0.15) is 0 Å². The lowest BCUT2D eigenvalue weighted by atomic mass is 10.1. The van der Waals surface area contributed by atoms with Crippen molar-refractivity contribution in [3.05, 3.63) is 35.5 Å². The van der Waals surface area contributed by atoms with Gasteiger partial charge in [0.05, 0.1) is 0 Å². The molecule has 2 fully saturated rings. The first-order valence-corrected chi connectivity index (χ1v) is 9.85. The number of hydrogen-bond acceptors (Lipinski definition) is 4. The van der Waals surface area contributed by atoms with Crippen molar-refractivity contribution >= 4 is 35.2 Å². The number of rotatable bonds is 7. The Balaban J connectivity index is 1.70. The molecule has 2 heterocycles. The van der Waals surface area contributed by atoms with Crippen LogP contribution >= 0.6 is 12.2 Å². The van der Waals surface area contributed by atoms with Crippen LogP contribution in [-0.4, -0.2) is 53.0 Å². The quantitative estimate of drug-likeness (QED) is 0.575. The molecule has 0 aromatic heterocycles. The highest BCUT2D eigenvalue weighted by molar-refractivity contribution is 7.80. The van der Waals surface area contributed by atoms with Gasteiger partial charge in [0.25, 0.3) is 11.8 Å². The zero-order valence-corrected chi connectivity index (χ0v) is 16.4. The lowest BCUT2D eigenvalue weighted by molar-refractivity contribution is -0.132. The first-order chi connectivity index (χ1) is 13.1. The number of thiocarbonyl (C=S) groups is 1. The van der Waals surface area contributed by atoms with Gasteiger partial charge in [0.2, 0.25) is 0 Å². The van der Waals surface area contributed by atoms with Crippen LogP contribution in [0.2, 0.25) is 0 Å². The molecule has 144 valence electrons. The average molecular weight is 388 g/mol. The number of carbonyl (C=O) groups excluding carboxylic acids is 2. The van der Waals surface area contributed by atoms with Gasteiger partial charge in [-0.15, -0.1) is 0 Å². The van der Waals surface area contributed by atoms with Gasteiger partial charge in [0.15, 0.2) is 11.7 Å². The fourth-order valence-corrected chi connectivity index (χ4v) is 3.46. The fourth-order valence-electron chi connectivity index (χ4n) is 3.17. The molecule has 0 atom stereocenters. The molecule has 0 spiro atoms. The highest BCUT2D eigenvalue weighted by atomic mass is 32.1. The standard InChI is InChI=1S/C20H25N3O3S/c1-2-3-12-23-19(25)16(21-20(23)27)13-15-8-4-5-9-17(15)26-14-18(24)22-10-6-7-11-22/h4-5,8-9,13H,2-3,6-7,10-12,14H2,1H3,(H,21,27). The Morgan fingerprint density at radius 1 is 1.30 bits per heavy atom. The number of unbranched alkanes of at least 4 members (excludes halogenated alkanes) is 1. The van der Waals surface area contributed by atoms with E-state index in [0.29, 0.717) is 23.1 Å². The molecular weight excluding hydrogens is 362 g/mol. The third-order valence-electron chi connectivity index (χ3n) is 4.73. The second-order valence-corrected chi connectivity index (χ2v) is 7.10. The van der Waals surface area contributed by atoms with E-state index in [-0.39, 0.29) is 18.4 Å². The summed E-state index contributed by atoms with van der Waals surface area (Å²) in [6.45, 7) is 4.29. The van der Waals surface area contributed by atoms with Crippen molar-refractivity contribution in [2.45, 2.75) is 32.6 Å². The number of benzene rings is 1. The Hall–Kier alpha value is -2.41. The summed E-state index contributed by atoms with van der Waals surface area (Å²) in [6.07, 6.45) is 5.73. The molecule has 0 unspecified atom stereocenters. The van der Waals surface area contributed by atoms with E-state index in [4.69, 9.17) is 17.0 Å². The van der Waals surface area contributed by atoms with Gasteiger partial charge in [-0.05, 0) is 43.6 Å². The monoisotopic (exact) mass is 387 g/mol. The molecule has 1 aromatic rings. The molecule has 2 aliphatic heterocycles. The Morgan fingerprint density at radius 2 is 2.04 bits per heavy atom. The van der Waals surface area contributed by atoms with Crippen molar-refractivity contribution in [3.8, 4) is 5.75 Å². The minimum atomic E-state index is -0.128. The number of para-hydroxylation sites is 1. The van der Waals surface area contributed by atoms with Crippen LogP contribution in [0.4, 0.5) is 0 Å². The van der Waals surface area contributed by atoms with Gasteiger partial charge in [-0.25, -0.2) is 0 Å². The molecule has 1 aromatic carbocycles. The van der Waals surface area contributed by atoms with Crippen molar-refractivity contribution in [3.63, 3.8) is 0 Å². The molecule has 27 heavy (non-hydrogen) atoms. The van der Waals surface area contributed by atoms with E-state index in [1.165, 1.54) is 0 Å². The third kappa shape index (κ3) is 4.66. The van der Waals surface area contributed by atoms with Crippen LogP contribution in [0, 0.1) is 0 Å². The summed E-state index contributed by atoms with van der Waals surface area (Å²) in [5.74, 6) is 0.443. The summed E-state index contributed by atoms with van der Waals surface area (Å²) in [4.78, 5) is 28.2. The minimum absolute atomic E-state index is 0.00258. The SMILES string of the molecule is CCCCN1C(=O)C(=Cc2ccccc2OCC(=O)N2CCCC2)NC1=S. The molecule has 0 radical (unpaired) electrons. The van der Waals surface area contributed by atoms with E-state index in [0.717, 1.165) is 44.3 Å². The van der Waals surface area contributed by atoms with E-state index in [9.17, 15) is 9.59 Å². The first kappa shape index (κ1) is 19.4. The largest absolute Gasteiger partial charge is 0.483 e. The molecule has 0 bridgehead atoms. The first-order valence-electron chi connectivity index (χ1n) is 9.44. The van der Waals surface area contributed by atoms with Crippen LogP contribution in [0.5, 0.6) is 5.75 Å². The molecule has 7 heteroatoms. The van der Waals surface area contributed by atoms with Crippen LogP contribution < -0.4 is 10.1 Å². The van der Waals surface area contributed by atoms with Gasteiger partial charge in [-0.3, -0.25) is 14.5 Å². The lowest BCUT2D eigenvalue weighted by Gasteiger charge is -2.16. The Morgan fingerprint density at radius 3 is 2.78 bits per heavy atom. The molecule has 3 rings (SSSR count). The van der Waals surface area contributed by atoms with E-state index >= 15 is 0 Å². The van der Waals surface area contributed by atoms with Crippen molar-refractivity contribution in [2.75, 3.05) is 26.2 Å². The normalized spacial score (nSPS) is 18.3. The van der Waals surface area contributed by atoms with Gasteiger partial charge in [0.1, 0.15) is 11.4 Å². The van der Waals surface area contributed by atoms with Crippen molar-refractivity contribution < 1.29 is 14.3 Å². The average Bonchev–Trinajstić information content (AvgIpc) is 3.29. The van der Waals surface area contributed by atoms with E-state index in [1.54, 1.807) is 17.0 Å². The molecule has 0 saturated carbocycles. The molecule has 0 aliphatic carbocycles. The smallest absolute Gasteiger partial charge is 0.276 e. The number of hydrogen-bond donors (Lipinski definition) is 1. The third-order valence-corrected chi connectivity index (χ3v) is 5.05. The van der Waals surface area contributed by atoms with Crippen molar-refractivity contribution in [2.24, 2.45) is 0 Å². The maximum atomic E-state index is 12.6. The van der Waals surface area contributed by atoms with Crippen molar-refractivity contribution in [1.82, 2.24) is 15.1 Å². The van der Waals surface area contributed by atoms with Crippen LogP contribution in [-0.2, 0) is 9.59 Å². The van der Waals surface area contributed by atoms with Crippen LogP contribution in [0.15, 0.2) is 30.0 Å². The molecule has 2 saturated heterocycles.